The van der Waals surface area contributed by atoms with Gasteiger partial charge in [-0.1, -0.05) is 0 Å². The van der Waals surface area contributed by atoms with Crippen molar-refractivity contribution in [1.82, 2.24) is 10.3 Å². The Morgan fingerprint density at radius 1 is 1.67 bits per heavy atom. The molecule has 1 N–H and O–H groups in total. The Labute approximate surface area is 94.9 Å². The summed E-state index contributed by atoms with van der Waals surface area (Å²) in [5, 5.41) is 6.87. The van der Waals surface area contributed by atoms with Gasteiger partial charge < -0.3 is 10.1 Å². The van der Waals surface area contributed by atoms with E-state index < -0.39 is 0 Å². The van der Waals surface area contributed by atoms with E-state index in [9.17, 15) is 0 Å². The third-order valence-corrected chi connectivity index (χ3v) is 3.86. The molecular weight excluding hydrogens is 208 g/mol. The van der Waals surface area contributed by atoms with Crippen LogP contribution in [-0.4, -0.2) is 31.8 Å². The van der Waals surface area contributed by atoms with Gasteiger partial charge >= 0.3 is 0 Å². The van der Waals surface area contributed by atoms with Crippen LogP contribution in [0, 0.1) is 12.8 Å². The Morgan fingerprint density at radius 2 is 2.53 bits per heavy atom. The minimum atomic E-state index is 0.721. The van der Waals surface area contributed by atoms with Crippen LogP contribution in [0.2, 0.25) is 0 Å². The first kappa shape index (κ1) is 11.0. The Balaban J connectivity index is 1.68. The number of hydrogen-bond acceptors (Lipinski definition) is 4. The van der Waals surface area contributed by atoms with Crippen LogP contribution in [0.1, 0.15) is 23.0 Å². The fourth-order valence-electron chi connectivity index (χ4n) is 1.78. The van der Waals surface area contributed by atoms with E-state index in [4.69, 9.17) is 4.74 Å². The van der Waals surface area contributed by atoms with Crippen molar-refractivity contribution in [3.63, 3.8) is 0 Å². The van der Waals surface area contributed by atoms with Crippen molar-refractivity contribution in [3.05, 3.63) is 16.1 Å². The van der Waals surface area contributed by atoms with Gasteiger partial charge in [0.2, 0.25) is 0 Å². The Hall–Kier alpha value is -0.450. The molecule has 1 saturated carbocycles. The third kappa shape index (κ3) is 3.00. The zero-order chi connectivity index (χ0) is 10.7. The van der Waals surface area contributed by atoms with Gasteiger partial charge in [-0.2, -0.15) is 0 Å². The number of aryl methyl sites for hydroxylation is 1. The predicted octanol–water partition coefficient (Wildman–Crippen LogP) is 1.79. The van der Waals surface area contributed by atoms with E-state index in [-0.39, 0.29) is 0 Å². The molecule has 0 aromatic carbocycles. The first-order chi connectivity index (χ1) is 7.31. The Bertz CT molecular complexity index is 313. The SMILES string of the molecule is COCCNCC1CC1c1nc(C)cs1. The maximum atomic E-state index is 4.99. The first-order valence-corrected chi connectivity index (χ1v) is 6.31. The average molecular weight is 226 g/mol. The molecule has 0 spiro atoms. The molecule has 3 nitrogen and oxygen atoms in total. The van der Waals surface area contributed by atoms with Crippen molar-refractivity contribution in [2.24, 2.45) is 5.92 Å². The number of nitrogens with zero attached hydrogens (tertiary/aromatic N) is 1. The number of aromatic nitrogens is 1. The second-order valence-electron chi connectivity index (χ2n) is 4.13. The summed E-state index contributed by atoms with van der Waals surface area (Å²) in [5.74, 6) is 1.52. The van der Waals surface area contributed by atoms with E-state index in [1.807, 2.05) is 0 Å². The highest BCUT2D eigenvalue weighted by Crippen LogP contribution is 2.47. The van der Waals surface area contributed by atoms with Crippen LogP contribution in [0.5, 0.6) is 0 Å². The summed E-state index contributed by atoms with van der Waals surface area (Å²) in [6, 6.07) is 0. The van der Waals surface area contributed by atoms with E-state index in [0.29, 0.717) is 0 Å². The van der Waals surface area contributed by atoms with E-state index in [1.54, 1.807) is 18.4 Å². The fourth-order valence-corrected chi connectivity index (χ4v) is 2.78. The second-order valence-corrected chi connectivity index (χ2v) is 5.02. The third-order valence-electron chi connectivity index (χ3n) is 2.77. The van der Waals surface area contributed by atoms with E-state index in [0.717, 1.165) is 37.2 Å². The minimum Gasteiger partial charge on any atom is -0.383 e. The molecule has 0 radical (unpaired) electrons. The van der Waals surface area contributed by atoms with Crippen LogP contribution >= 0.6 is 11.3 Å². The lowest BCUT2D eigenvalue weighted by molar-refractivity contribution is 0.199. The van der Waals surface area contributed by atoms with Gasteiger partial charge in [-0.25, -0.2) is 4.98 Å². The molecule has 2 unspecified atom stereocenters. The monoisotopic (exact) mass is 226 g/mol. The molecule has 0 aliphatic heterocycles. The van der Waals surface area contributed by atoms with Crippen LogP contribution in [0.25, 0.3) is 0 Å². The summed E-state index contributed by atoms with van der Waals surface area (Å²) in [4.78, 5) is 4.53. The Morgan fingerprint density at radius 3 is 3.20 bits per heavy atom. The van der Waals surface area contributed by atoms with Gasteiger partial charge in [-0.05, 0) is 25.8 Å². The molecule has 1 aromatic heterocycles. The summed E-state index contributed by atoms with van der Waals surface area (Å²) < 4.78 is 4.99. The van der Waals surface area contributed by atoms with Gasteiger partial charge in [0, 0.05) is 30.6 Å². The fraction of sp³-hybridized carbons (Fsp3) is 0.727. The molecular formula is C11H18N2OS. The number of methoxy groups -OCH3 is 1. The van der Waals surface area contributed by atoms with Crippen LogP contribution in [0.3, 0.4) is 0 Å². The van der Waals surface area contributed by atoms with Gasteiger partial charge in [-0.15, -0.1) is 11.3 Å². The number of ether oxygens (including phenoxy) is 1. The molecule has 0 saturated heterocycles. The second kappa shape index (κ2) is 5.05. The highest BCUT2D eigenvalue weighted by atomic mass is 32.1. The normalized spacial score (nSPS) is 24.4. The van der Waals surface area contributed by atoms with Crippen molar-refractivity contribution in [3.8, 4) is 0 Å². The van der Waals surface area contributed by atoms with Crippen molar-refractivity contribution < 1.29 is 4.74 Å². The van der Waals surface area contributed by atoms with Crippen molar-refractivity contribution >= 4 is 11.3 Å². The molecule has 4 heteroatoms. The number of rotatable bonds is 6. The van der Waals surface area contributed by atoms with Gasteiger partial charge in [0.05, 0.1) is 11.6 Å². The topological polar surface area (TPSA) is 34.1 Å². The number of nitrogens with one attached hydrogen (secondary N) is 1. The largest absolute Gasteiger partial charge is 0.383 e. The van der Waals surface area contributed by atoms with Crippen molar-refractivity contribution in [1.29, 1.82) is 0 Å². The smallest absolute Gasteiger partial charge is 0.0962 e. The quantitative estimate of drug-likeness (QED) is 0.751. The average Bonchev–Trinajstić information content (AvgIpc) is 2.88. The molecule has 1 fully saturated rings. The zero-order valence-electron chi connectivity index (χ0n) is 9.32. The Kier molecular flexibility index (Phi) is 3.72. The van der Waals surface area contributed by atoms with E-state index in [1.165, 1.54) is 11.4 Å². The lowest BCUT2D eigenvalue weighted by atomic mass is 10.3. The standard InChI is InChI=1S/C11H18N2OS/c1-8-7-15-11(13-8)10-5-9(10)6-12-3-4-14-2/h7,9-10,12H,3-6H2,1-2H3. The van der Waals surface area contributed by atoms with Gasteiger partial charge in [-0.3, -0.25) is 0 Å². The van der Waals surface area contributed by atoms with Crippen LogP contribution in [-0.2, 0) is 4.74 Å². The highest BCUT2D eigenvalue weighted by molar-refractivity contribution is 7.09. The molecule has 2 rings (SSSR count). The maximum Gasteiger partial charge on any atom is 0.0962 e. The molecule has 2 atom stereocenters. The van der Waals surface area contributed by atoms with Gasteiger partial charge in [0.15, 0.2) is 0 Å². The summed E-state index contributed by atoms with van der Waals surface area (Å²) in [5.41, 5.74) is 1.16. The van der Waals surface area contributed by atoms with E-state index in [2.05, 4.69) is 22.6 Å². The molecule has 1 aliphatic carbocycles. The van der Waals surface area contributed by atoms with Crippen LogP contribution < -0.4 is 5.32 Å². The highest BCUT2D eigenvalue weighted by Gasteiger charge is 2.39. The van der Waals surface area contributed by atoms with Gasteiger partial charge in [0.25, 0.3) is 0 Å². The van der Waals surface area contributed by atoms with E-state index >= 15 is 0 Å². The molecule has 1 aromatic rings. The maximum absolute atomic E-state index is 4.99. The number of hydrogen-bond donors (Lipinski definition) is 1. The van der Waals surface area contributed by atoms with Crippen molar-refractivity contribution in [2.75, 3.05) is 26.8 Å². The number of thiazole rings is 1. The molecule has 1 heterocycles. The van der Waals surface area contributed by atoms with Crippen LogP contribution in [0.4, 0.5) is 0 Å². The summed E-state index contributed by atoms with van der Waals surface area (Å²) in [7, 11) is 1.74. The molecule has 0 amide bonds. The summed E-state index contributed by atoms with van der Waals surface area (Å²) in [6.07, 6.45) is 1.30. The molecule has 15 heavy (non-hydrogen) atoms. The molecule has 1 aliphatic rings. The van der Waals surface area contributed by atoms with Crippen LogP contribution in [0.15, 0.2) is 5.38 Å². The zero-order valence-corrected chi connectivity index (χ0v) is 10.1. The molecule has 84 valence electrons. The lowest BCUT2D eigenvalue weighted by Crippen LogP contribution is -2.21. The van der Waals surface area contributed by atoms with Gasteiger partial charge in [0.1, 0.15) is 0 Å². The lowest BCUT2D eigenvalue weighted by Gasteiger charge is -2.01. The predicted molar refractivity (Wildman–Crippen MR) is 62.4 cm³/mol. The minimum absolute atomic E-state index is 0.721. The summed E-state index contributed by atoms with van der Waals surface area (Å²) in [6.45, 7) is 4.92. The molecule has 0 bridgehead atoms. The first-order valence-electron chi connectivity index (χ1n) is 5.43. The summed E-state index contributed by atoms with van der Waals surface area (Å²) >= 11 is 1.80. The van der Waals surface area contributed by atoms with Crippen molar-refractivity contribution in [2.45, 2.75) is 19.3 Å².